The summed E-state index contributed by atoms with van der Waals surface area (Å²) in [6.07, 6.45) is 2.03. The van der Waals surface area contributed by atoms with Crippen LogP contribution < -0.4 is 16.1 Å². The first-order valence-corrected chi connectivity index (χ1v) is 13.6. The Bertz CT molecular complexity index is 1160. The van der Waals surface area contributed by atoms with Gasteiger partial charge in [0.2, 0.25) is 0 Å². The van der Waals surface area contributed by atoms with Crippen LogP contribution in [-0.2, 0) is 17.6 Å². The standard InChI is InChI=1S/C28H31ClN2OSi/c1-28(2,3)33(25-12-6-4-7-13-25,26-14-8-5-9-15-26)32-21-22-19-23(16-17-27(22)29)31-18-10-11-24(31)20-30/h4-19H,20-21,30H2,1-3H3. The minimum absolute atomic E-state index is 0.0903. The van der Waals surface area contributed by atoms with Gasteiger partial charge in [0.05, 0.1) is 6.61 Å². The zero-order valence-corrected chi connectivity index (χ0v) is 21.2. The number of nitrogens with two attached hydrogens (primary N) is 1. The summed E-state index contributed by atoms with van der Waals surface area (Å²) in [6, 6.07) is 31.5. The van der Waals surface area contributed by atoms with Gasteiger partial charge in [-0.15, -0.1) is 0 Å². The molecule has 0 aliphatic rings. The van der Waals surface area contributed by atoms with Gasteiger partial charge in [0, 0.05) is 29.1 Å². The first-order chi connectivity index (χ1) is 15.9. The van der Waals surface area contributed by atoms with Crippen LogP contribution in [0.2, 0.25) is 10.1 Å². The molecule has 0 saturated carbocycles. The van der Waals surface area contributed by atoms with Crippen LogP contribution in [0, 0.1) is 0 Å². The zero-order valence-electron chi connectivity index (χ0n) is 19.5. The van der Waals surface area contributed by atoms with Crippen molar-refractivity contribution in [1.29, 1.82) is 0 Å². The van der Waals surface area contributed by atoms with Crippen molar-refractivity contribution in [3.63, 3.8) is 0 Å². The number of halogens is 1. The summed E-state index contributed by atoms with van der Waals surface area (Å²) in [6.45, 7) is 7.75. The number of nitrogens with zero attached hydrogens (tertiary/aromatic N) is 1. The van der Waals surface area contributed by atoms with Gasteiger partial charge in [0.25, 0.3) is 8.32 Å². The van der Waals surface area contributed by atoms with E-state index in [1.807, 2.05) is 30.5 Å². The van der Waals surface area contributed by atoms with E-state index in [4.69, 9.17) is 21.8 Å². The molecular weight excluding hydrogens is 444 g/mol. The van der Waals surface area contributed by atoms with Gasteiger partial charge in [-0.25, -0.2) is 0 Å². The topological polar surface area (TPSA) is 40.2 Å². The van der Waals surface area contributed by atoms with Gasteiger partial charge < -0.3 is 14.7 Å². The number of benzene rings is 3. The van der Waals surface area contributed by atoms with Crippen molar-refractivity contribution < 1.29 is 4.43 Å². The summed E-state index contributed by atoms with van der Waals surface area (Å²) in [7, 11) is -2.64. The van der Waals surface area contributed by atoms with Crippen molar-refractivity contribution in [2.75, 3.05) is 0 Å². The molecule has 1 heterocycles. The highest BCUT2D eigenvalue weighted by Gasteiger charge is 2.50. The Kier molecular flexibility index (Phi) is 6.91. The minimum atomic E-state index is -2.64. The monoisotopic (exact) mass is 474 g/mol. The van der Waals surface area contributed by atoms with E-state index in [0.717, 1.165) is 16.9 Å². The fraction of sp³-hybridized carbons (Fsp3) is 0.214. The van der Waals surface area contributed by atoms with E-state index in [1.54, 1.807) is 0 Å². The maximum Gasteiger partial charge on any atom is 0.261 e. The fourth-order valence-electron chi connectivity index (χ4n) is 4.60. The Morgan fingerprint density at radius 1 is 0.848 bits per heavy atom. The van der Waals surface area contributed by atoms with Gasteiger partial charge in [-0.05, 0) is 51.3 Å². The second-order valence-electron chi connectivity index (χ2n) is 9.30. The molecule has 0 atom stereocenters. The van der Waals surface area contributed by atoms with Gasteiger partial charge in [-0.2, -0.15) is 0 Å². The molecular formula is C28H31ClN2OSi. The van der Waals surface area contributed by atoms with E-state index in [2.05, 4.69) is 92.1 Å². The second kappa shape index (κ2) is 9.70. The molecule has 33 heavy (non-hydrogen) atoms. The lowest BCUT2D eigenvalue weighted by Crippen LogP contribution is -2.66. The highest BCUT2D eigenvalue weighted by molar-refractivity contribution is 6.99. The van der Waals surface area contributed by atoms with Gasteiger partial charge in [0.1, 0.15) is 0 Å². The van der Waals surface area contributed by atoms with Gasteiger partial charge in [-0.3, -0.25) is 0 Å². The van der Waals surface area contributed by atoms with E-state index in [1.165, 1.54) is 10.4 Å². The van der Waals surface area contributed by atoms with E-state index in [0.29, 0.717) is 18.2 Å². The largest absolute Gasteiger partial charge is 0.403 e. The van der Waals surface area contributed by atoms with Crippen LogP contribution in [0.15, 0.2) is 97.2 Å². The summed E-state index contributed by atoms with van der Waals surface area (Å²) in [5, 5.41) is 3.13. The summed E-state index contributed by atoms with van der Waals surface area (Å²) >= 11 is 6.67. The lowest BCUT2D eigenvalue weighted by atomic mass is 10.2. The van der Waals surface area contributed by atoms with Crippen LogP contribution in [-0.4, -0.2) is 12.9 Å². The molecule has 0 saturated heterocycles. The molecule has 0 unspecified atom stereocenters. The smallest absolute Gasteiger partial charge is 0.261 e. The van der Waals surface area contributed by atoms with Crippen LogP contribution in [0.25, 0.3) is 5.69 Å². The van der Waals surface area contributed by atoms with Gasteiger partial charge in [-0.1, -0.05) is 93.0 Å². The number of rotatable bonds is 7. The lowest BCUT2D eigenvalue weighted by molar-refractivity contribution is 0.286. The third-order valence-electron chi connectivity index (χ3n) is 6.21. The third-order valence-corrected chi connectivity index (χ3v) is 11.6. The zero-order chi connectivity index (χ0) is 23.5. The summed E-state index contributed by atoms with van der Waals surface area (Å²) in [5.41, 5.74) is 8.98. The summed E-state index contributed by atoms with van der Waals surface area (Å²) in [4.78, 5) is 0. The molecule has 0 fully saturated rings. The molecule has 3 nitrogen and oxygen atoms in total. The maximum absolute atomic E-state index is 7.08. The molecule has 1 aromatic heterocycles. The molecule has 2 N–H and O–H groups in total. The maximum atomic E-state index is 7.08. The first-order valence-electron chi connectivity index (χ1n) is 11.3. The second-order valence-corrected chi connectivity index (χ2v) is 14.0. The van der Waals surface area contributed by atoms with E-state index < -0.39 is 8.32 Å². The van der Waals surface area contributed by atoms with Gasteiger partial charge >= 0.3 is 0 Å². The van der Waals surface area contributed by atoms with E-state index in [-0.39, 0.29) is 5.04 Å². The quantitative estimate of drug-likeness (QED) is 0.351. The highest BCUT2D eigenvalue weighted by atomic mass is 35.5. The first kappa shape index (κ1) is 23.5. The van der Waals surface area contributed by atoms with Crippen LogP contribution in [0.1, 0.15) is 32.0 Å². The Labute approximate surface area is 202 Å². The van der Waals surface area contributed by atoms with E-state index >= 15 is 0 Å². The molecule has 0 bridgehead atoms. The molecule has 0 amide bonds. The average Bonchev–Trinajstić information content (AvgIpc) is 3.30. The third kappa shape index (κ3) is 4.57. The number of aromatic nitrogens is 1. The number of hydrogen-bond acceptors (Lipinski definition) is 2. The molecule has 0 aliphatic heterocycles. The minimum Gasteiger partial charge on any atom is -0.403 e. The molecule has 4 aromatic rings. The van der Waals surface area contributed by atoms with Crippen LogP contribution in [0.5, 0.6) is 0 Å². The van der Waals surface area contributed by atoms with Crippen LogP contribution in [0.3, 0.4) is 0 Å². The molecule has 3 aromatic carbocycles. The SMILES string of the molecule is CC(C)(C)[Si](OCc1cc(-n2cccc2CN)ccc1Cl)(c1ccccc1)c1ccccc1. The number of hydrogen-bond donors (Lipinski definition) is 1. The van der Waals surface area contributed by atoms with Crippen molar-refractivity contribution in [3.8, 4) is 5.69 Å². The van der Waals surface area contributed by atoms with Crippen molar-refractivity contribution in [2.45, 2.75) is 39.0 Å². The molecule has 5 heteroatoms. The summed E-state index contributed by atoms with van der Waals surface area (Å²) in [5.74, 6) is 0. The predicted molar refractivity (Wildman–Crippen MR) is 141 cm³/mol. The Balaban J connectivity index is 1.78. The van der Waals surface area contributed by atoms with Gasteiger partial charge in [0.15, 0.2) is 0 Å². The lowest BCUT2D eigenvalue weighted by Gasteiger charge is -2.43. The Morgan fingerprint density at radius 2 is 1.45 bits per heavy atom. The Hall–Kier alpha value is -2.63. The Morgan fingerprint density at radius 3 is 2.00 bits per heavy atom. The normalized spacial score (nSPS) is 12.2. The average molecular weight is 475 g/mol. The van der Waals surface area contributed by atoms with E-state index in [9.17, 15) is 0 Å². The predicted octanol–water partition coefficient (Wildman–Crippen LogP) is 5.67. The van der Waals surface area contributed by atoms with Crippen LogP contribution in [0.4, 0.5) is 0 Å². The molecule has 0 spiro atoms. The van der Waals surface area contributed by atoms with Crippen molar-refractivity contribution >= 4 is 30.3 Å². The molecule has 4 rings (SSSR count). The molecule has 0 radical (unpaired) electrons. The van der Waals surface area contributed by atoms with Crippen LogP contribution >= 0.6 is 11.6 Å². The molecule has 170 valence electrons. The van der Waals surface area contributed by atoms with Crippen molar-refractivity contribution in [3.05, 3.63) is 113 Å². The summed E-state index contributed by atoms with van der Waals surface area (Å²) < 4.78 is 9.18. The fourth-order valence-corrected chi connectivity index (χ4v) is 9.30. The molecule has 0 aliphatic carbocycles. The highest BCUT2D eigenvalue weighted by Crippen LogP contribution is 2.37. The van der Waals surface area contributed by atoms with Crippen molar-refractivity contribution in [2.24, 2.45) is 5.73 Å². The van der Waals surface area contributed by atoms with Crippen molar-refractivity contribution in [1.82, 2.24) is 4.57 Å².